The summed E-state index contributed by atoms with van der Waals surface area (Å²) in [6, 6.07) is 10.3. The highest BCUT2D eigenvalue weighted by molar-refractivity contribution is 6.34. The van der Waals surface area contributed by atoms with Crippen LogP contribution in [0.2, 0.25) is 5.02 Å². The average Bonchev–Trinajstić information content (AvgIpc) is 3.25. The first-order valence-corrected chi connectivity index (χ1v) is 12.2. The molecule has 0 N–H and O–H groups in total. The lowest BCUT2D eigenvalue weighted by atomic mass is 10.1. The quantitative estimate of drug-likeness (QED) is 0.284. The summed E-state index contributed by atoms with van der Waals surface area (Å²) in [7, 11) is 2.70. The molecule has 0 atom stereocenters. The summed E-state index contributed by atoms with van der Waals surface area (Å²) >= 11 is 6.37. The molecule has 0 radical (unpaired) electrons. The van der Waals surface area contributed by atoms with E-state index in [1.807, 2.05) is 0 Å². The molecule has 4 rings (SSSR count). The van der Waals surface area contributed by atoms with E-state index in [0.717, 1.165) is 10.7 Å². The fraction of sp³-hybridized carbons (Fsp3) is 0.250. The maximum Gasteiger partial charge on any atom is 0.414 e. The van der Waals surface area contributed by atoms with Crippen LogP contribution in [-0.4, -0.2) is 52.5 Å². The molecule has 2 aromatic carbocycles. The van der Waals surface area contributed by atoms with Crippen molar-refractivity contribution in [3.05, 3.63) is 76.2 Å². The van der Waals surface area contributed by atoms with Crippen molar-refractivity contribution >= 4 is 46.3 Å². The first-order chi connectivity index (χ1) is 18.3. The Bertz CT molecular complexity index is 1610. The predicted molar refractivity (Wildman–Crippen MR) is 145 cm³/mol. The third-order valence-corrected chi connectivity index (χ3v) is 6.15. The number of fused-ring (bicyclic) bond motifs is 1. The number of carbonyl (C=O) groups is 3. The Labute approximate surface area is 229 Å². The third-order valence-electron chi connectivity index (χ3n) is 5.83. The molecule has 0 bridgehead atoms. The van der Waals surface area contributed by atoms with Crippen molar-refractivity contribution in [1.29, 1.82) is 0 Å². The van der Waals surface area contributed by atoms with Gasteiger partial charge in [-0.1, -0.05) is 23.7 Å². The van der Waals surface area contributed by atoms with E-state index in [0.29, 0.717) is 11.3 Å². The minimum atomic E-state index is -0.762. The Morgan fingerprint density at radius 3 is 2.44 bits per heavy atom. The number of aromatic nitrogens is 3. The third kappa shape index (κ3) is 5.46. The molecule has 0 aliphatic heterocycles. The van der Waals surface area contributed by atoms with Crippen LogP contribution in [0.4, 0.5) is 14.9 Å². The van der Waals surface area contributed by atoms with Crippen LogP contribution in [0.3, 0.4) is 0 Å². The van der Waals surface area contributed by atoms with Gasteiger partial charge in [-0.3, -0.25) is 14.7 Å². The summed E-state index contributed by atoms with van der Waals surface area (Å²) in [5.41, 5.74) is 0.888. The van der Waals surface area contributed by atoms with Gasteiger partial charge in [0.05, 0.1) is 40.7 Å². The van der Waals surface area contributed by atoms with Gasteiger partial charge in [-0.25, -0.2) is 14.0 Å². The SMILES string of the molecule is COC(=O)c1ccc(-c2nn(C(=O)c3c(C)cccc3Cl)c3cc(N(C)C(=O)OC(C)(C)C)cnc23)c(F)c1. The molecule has 202 valence electrons. The first kappa shape index (κ1) is 27.7. The van der Waals surface area contributed by atoms with Crippen LogP contribution in [0.25, 0.3) is 22.3 Å². The monoisotopic (exact) mass is 552 g/mol. The topological polar surface area (TPSA) is 104 Å². The van der Waals surface area contributed by atoms with Crippen LogP contribution >= 0.6 is 11.6 Å². The van der Waals surface area contributed by atoms with Crippen LogP contribution in [0.5, 0.6) is 0 Å². The first-order valence-electron chi connectivity index (χ1n) is 11.9. The van der Waals surface area contributed by atoms with Crippen molar-refractivity contribution in [3.8, 4) is 11.3 Å². The van der Waals surface area contributed by atoms with Gasteiger partial charge >= 0.3 is 12.1 Å². The van der Waals surface area contributed by atoms with Gasteiger partial charge in [-0.15, -0.1) is 0 Å². The number of benzene rings is 2. The van der Waals surface area contributed by atoms with E-state index in [4.69, 9.17) is 16.3 Å². The minimum absolute atomic E-state index is 0.0100. The van der Waals surface area contributed by atoms with Gasteiger partial charge in [0, 0.05) is 12.6 Å². The van der Waals surface area contributed by atoms with Crippen LogP contribution in [0, 0.1) is 12.7 Å². The molecular weight excluding hydrogens is 527 g/mol. The van der Waals surface area contributed by atoms with Crippen LogP contribution in [-0.2, 0) is 9.47 Å². The lowest BCUT2D eigenvalue weighted by molar-refractivity contribution is 0.0583. The zero-order valence-corrected chi connectivity index (χ0v) is 23.0. The number of hydrogen-bond donors (Lipinski definition) is 0. The number of methoxy groups -OCH3 is 1. The Kier molecular flexibility index (Phi) is 7.43. The summed E-state index contributed by atoms with van der Waals surface area (Å²) in [5, 5.41) is 4.65. The van der Waals surface area contributed by atoms with E-state index in [1.54, 1.807) is 45.9 Å². The number of rotatable bonds is 4. The smallest absolute Gasteiger partial charge is 0.414 e. The summed E-state index contributed by atoms with van der Waals surface area (Å²) in [4.78, 5) is 44.0. The van der Waals surface area contributed by atoms with Crippen LogP contribution < -0.4 is 4.90 Å². The second kappa shape index (κ2) is 10.5. The van der Waals surface area contributed by atoms with E-state index < -0.39 is 29.4 Å². The number of aryl methyl sites for hydroxylation is 1. The van der Waals surface area contributed by atoms with E-state index >= 15 is 4.39 Å². The summed E-state index contributed by atoms with van der Waals surface area (Å²) < 4.78 is 26.4. The highest BCUT2D eigenvalue weighted by Gasteiger charge is 2.26. The van der Waals surface area contributed by atoms with Crippen molar-refractivity contribution in [2.45, 2.75) is 33.3 Å². The Hall–Kier alpha value is -4.31. The largest absolute Gasteiger partial charge is 0.465 e. The minimum Gasteiger partial charge on any atom is -0.465 e. The molecule has 0 fully saturated rings. The molecule has 2 aromatic heterocycles. The number of anilines is 1. The van der Waals surface area contributed by atoms with Gasteiger partial charge in [0.15, 0.2) is 0 Å². The maximum atomic E-state index is 15.2. The Morgan fingerprint density at radius 2 is 1.82 bits per heavy atom. The fourth-order valence-electron chi connectivity index (χ4n) is 3.90. The zero-order valence-electron chi connectivity index (χ0n) is 22.2. The van der Waals surface area contributed by atoms with Gasteiger partial charge < -0.3 is 9.47 Å². The Morgan fingerprint density at radius 1 is 1.10 bits per heavy atom. The summed E-state index contributed by atoms with van der Waals surface area (Å²) in [5.74, 6) is -2.03. The summed E-state index contributed by atoms with van der Waals surface area (Å²) in [6.07, 6.45) is 0.765. The zero-order chi connectivity index (χ0) is 28.6. The standard InChI is InChI=1S/C28H26ClFN4O5/c1-15-8-7-9-19(29)22(15)25(35)34-21-13-17(33(5)27(37)39-28(2,3)4)14-31-24(21)23(32-34)18-11-10-16(12-20(18)30)26(36)38-6/h7-14H,1-6H3. The normalized spacial score (nSPS) is 11.4. The molecule has 0 saturated heterocycles. The number of halogens is 2. The van der Waals surface area contributed by atoms with Gasteiger partial charge in [-0.2, -0.15) is 9.78 Å². The molecule has 0 aliphatic carbocycles. The number of nitrogens with zero attached hydrogens (tertiary/aromatic N) is 4. The van der Waals surface area contributed by atoms with E-state index in [9.17, 15) is 14.4 Å². The van der Waals surface area contributed by atoms with Crippen molar-refractivity contribution < 1.29 is 28.2 Å². The van der Waals surface area contributed by atoms with Gasteiger partial charge in [0.1, 0.15) is 22.6 Å². The van der Waals surface area contributed by atoms with Crippen molar-refractivity contribution in [3.63, 3.8) is 0 Å². The lowest BCUT2D eigenvalue weighted by Crippen LogP contribution is -2.34. The molecular formula is C28H26ClFN4O5. The average molecular weight is 553 g/mol. The molecule has 2 heterocycles. The lowest BCUT2D eigenvalue weighted by Gasteiger charge is -2.24. The highest BCUT2D eigenvalue weighted by atomic mass is 35.5. The predicted octanol–water partition coefficient (Wildman–Crippen LogP) is 6.05. The molecule has 0 spiro atoms. The van der Waals surface area contributed by atoms with Gasteiger partial charge in [-0.05, 0) is 63.6 Å². The van der Waals surface area contributed by atoms with E-state index in [1.165, 1.54) is 43.5 Å². The number of amides is 1. The molecule has 39 heavy (non-hydrogen) atoms. The Balaban J connectivity index is 1.92. The second-order valence-electron chi connectivity index (χ2n) is 9.78. The number of carbonyl (C=O) groups excluding carboxylic acids is 3. The van der Waals surface area contributed by atoms with Crippen LogP contribution in [0.15, 0.2) is 48.7 Å². The van der Waals surface area contributed by atoms with E-state index in [2.05, 4.69) is 14.8 Å². The fourth-order valence-corrected chi connectivity index (χ4v) is 4.21. The molecule has 0 unspecified atom stereocenters. The van der Waals surface area contributed by atoms with E-state index in [-0.39, 0.29) is 38.4 Å². The van der Waals surface area contributed by atoms with Crippen molar-refractivity contribution in [1.82, 2.24) is 14.8 Å². The second-order valence-corrected chi connectivity index (χ2v) is 10.2. The molecule has 0 aliphatic rings. The van der Waals surface area contributed by atoms with Crippen molar-refractivity contribution in [2.75, 3.05) is 19.1 Å². The number of esters is 1. The molecule has 9 nitrogen and oxygen atoms in total. The van der Waals surface area contributed by atoms with Gasteiger partial charge in [0.25, 0.3) is 5.91 Å². The van der Waals surface area contributed by atoms with Crippen molar-refractivity contribution in [2.24, 2.45) is 0 Å². The molecule has 0 saturated carbocycles. The molecule has 1 amide bonds. The summed E-state index contributed by atoms with van der Waals surface area (Å²) in [6.45, 7) is 6.96. The maximum absolute atomic E-state index is 15.2. The number of hydrogen-bond acceptors (Lipinski definition) is 7. The highest BCUT2D eigenvalue weighted by Crippen LogP contribution is 2.33. The van der Waals surface area contributed by atoms with Crippen LogP contribution in [0.1, 0.15) is 47.1 Å². The molecule has 4 aromatic rings. The number of pyridine rings is 1. The molecule has 11 heteroatoms. The number of ether oxygens (including phenoxy) is 2. The van der Waals surface area contributed by atoms with Gasteiger partial charge in [0.2, 0.25) is 0 Å².